The normalized spacial score (nSPS) is 23.7. The number of likely N-dealkylation sites (N-methyl/N-ethyl adjacent to an activating group) is 1. The molecule has 4 rings (SSSR count). The molecule has 2 fully saturated rings. The number of fused-ring (bicyclic) bond motifs is 1. The summed E-state index contributed by atoms with van der Waals surface area (Å²) in [5, 5.41) is 0. The van der Waals surface area contributed by atoms with E-state index in [1.54, 1.807) is 4.90 Å². The Morgan fingerprint density at radius 3 is 2.79 bits per heavy atom. The molecule has 1 spiro atoms. The van der Waals surface area contributed by atoms with Crippen LogP contribution in [0.5, 0.6) is 0 Å². The van der Waals surface area contributed by atoms with Gasteiger partial charge in [0, 0.05) is 26.6 Å². The highest BCUT2D eigenvalue weighted by atomic mass is 16.6. The summed E-state index contributed by atoms with van der Waals surface area (Å²) in [6, 6.07) is 8.44. The molecule has 2 aromatic rings. The van der Waals surface area contributed by atoms with Gasteiger partial charge in [-0.2, -0.15) is 0 Å². The van der Waals surface area contributed by atoms with Gasteiger partial charge in [0.1, 0.15) is 11.4 Å². The smallest absolute Gasteiger partial charge is 0.410 e. The molecule has 152 valence electrons. The maximum atomic E-state index is 11.9. The molecule has 2 aliphatic rings. The Bertz CT molecular complexity index is 846. The van der Waals surface area contributed by atoms with Gasteiger partial charge in [0.15, 0.2) is 0 Å². The number of carbonyl (C=O) groups excluding carboxylic acids is 1. The van der Waals surface area contributed by atoms with Crippen LogP contribution in [0, 0.1) is 5.92 Å². The van der Waals surface area contributed by atoms with Crippen LogP contribution in [-0.4, -0.2) is 57.7 Å². The van der Waals surface area contributed by atoms with Gasteiger partial charge in [0.2, 0.25) is 0 Å². The lowest BCUT2D eigenvalue weighted by Gasteiger charge is -2.25. The van der Waals surface area contributed by atoms with Crippen LogP contribution in [0.25, 0.3) is 11.0 Å². The van der Waals surface area contributed by atoms with Gasteiger partial charge in [0.25, 0.3) is 0 Å². The van der Waals surface area contributed by atoms with E-state index in [0.717, 1.165) is 63.2 Å². The fraction of sp³-hybridized carbons (Fsp3) is 0.636. The maximum Gasteiger partial charge on any atom is 0.410 e. The van der Waals surface area contributed by atoms with Crippen LogP contribution in [0.2, 0.25) is 0 Å². The third-order valence-electron chi connectivity index (χ3n) is 6.16. The topological polar surface area (TPSA) is 50.6 Å². The average molecular weight is 385 g/mol. The third-order valence-corrected chi connectivity index (χ3v) is 6.16. The molecular weight excluding hydrogens is 352 g/mol. The van der Waals surface area contributed by atoms with E-state index >= 15 is 0 Å². The molecule has 6 heteroatoms. The molecule has 2 saturated heterocycles. The largest absolute Gasteiger partial charge is 0.441 e. The van der Waals surface area contributed by atoms with Crippen molar-refractivity contribution in [1.29, 1.82) is 0 Å². The van der Waals surface area contributed by atoms with Gasteiger partial charge >= 0.3 is 6.09 Å². The summed E-state index contributed by atoms with van der Waals surface area (Å²) < 4.78 is 8.16. The highest BCUT2D eigenvalue weighted by Gasteiger charge is 2.44. The molecule has 0 radical (unpaired) electrons. The van der Waals surface area contributed by atoms with E-state index in [4.69, 9.17) is 9.72 Å². The lowest BCUT2D eigenvalue weighted by Crippen LogP contribution is -2.35. The quantitative estimate of drug-likeness (QED) is 0.785. The van der Waals surface area contributed by atoms with E-state index in [-0.39, 0.29) is 11.7 Å². The van der Waals surface area contributed by atoms with Crippen molar-refractivity contribution in [2.75, 3.05) is 26.7 Å². The van der Waals surface area contributed by atoms with Crippen LogP contribution >= 0.6 is 0 Å². The first-order valence-corrected chi connectivity index (χ1v) is 10.6. The summed E-state index contributed by atoms with van der Waals surface area (Å²) >= 11 is 0. The second-order valence-electron chi connectivity index (χ2n) is 8.89. The number of carbonyl (C=O) groups is 1. The Hall–Kier alpha value is -2.08. The molecule has 28 heavy (non-hydrogen) atoms. The highest BCUT2D eigenvalue weighted by molar-refractivity contribution is 5.75. The van der Waals surface area contributed by atoms with Crippen LogP contribution in [0.4, 0.5) is 4.79 Å². The number of benzene rings is 1. The minimum Gasteiger partial charge on any atom is -0.441 e. The summed E-state index contributed by atoms with van der Waals surface area (Å²) in [7, 11) is 1.83. The van der Waals surface area contributed by atoms with E-state index in [1.807, 2.05) is 7.05 Å². The maximum absolute atomic E-state index is 11.9. The summed E-state index contributed by atoms with van der Waals surface area (Å²) in [4.78, 5) is 21.0. The van der Waals surface area contributed by atoms with Gasteiger partial charge in [-0.1, -0.05) is 26.0 Å². The van der Waals surface area contributed by atoms with Crippen molar-refractivity contribution in [1.82, 2.24) is 19.4 Å². The van der Waals surface area contributed by atoms with Gasteiger partial charge in [-0.15, -0.1) is 0 Å². The van der Waals surface area contributed by atoms with Crippen LogP contribution in [0.1, 0.15) is 45.4 Å². The lowest BCUT2D eigenvalue weighted by atomic mass is 9.95. The van der Waals surface area contributed by atoms with Crippen molar-refractivity contribution < 1.29 is 9.53 Å². The van der Waals surface area contributed by atoms with Crippen LogP contribution in [0.3, 0.4) is 0 Å². The van der Waals surface area contributed by atoms with Gasteiger partial charge in [-0.25, -0.2) is 9.78 Å². The lowest BCUT2D eigenvalue weighted by molar-refractivity contribution is 0.0442. The van der Waals surface area contributed by atoms with Crippen LogP contribution < -0.4 is 0 Å². The summed E-state index contributed by atoms with van der Waals surface area (Å²) in [6.07, 6.45) is 3.87. The first-order valence-electron chi connectivity index (χ1n) is 10.6. The first kappa shape index (κ1) is 19.2. The zero-order valence-electron chi connectivity index (χ0n) is 17.4. The van der Waals surface area contributed by atoms with Crippen molar-refractivity contribution in [3.8, 4) is 0 Å². The molecular formula is C22H32N4O2. The van der Waals surface area contributed by atoms with E-state index in [0.29, 0.717) is 12.5 Å². The van der Waals surface area contributed by atoms with E-state index in [2.05, 4.69) is 47.6 Å². The fourth-order valence-electron chi connectivity index (χ4n) is 4.52. The van der Waals surface area contributed by atoms with Gasteiger partial charge in [-0.3, -0.25) is 4.90 Å². The molecule has 0 N–H and O–H groups in total. The molecule has 2 aliphatic heterocycles. The predicted molar refractivity (Wildman–Crippen MR) is 110 cm³/mol. The molecule has 1 aromatic heterocycles. The minimum absolute atomic E-state index is 0.177. The number of hydrogen-bond donors (Lipinski definition) is 0. The van der Waals surface area contributed by atoms with E-state index < -0.39 is 0 Å². The second-order valence-corrected chi connectivity index (χ2v) is 8.89. The van der Waals surface area contributed by atoms with Gasteiger partial charge in [-0.05, 0) is 43.9 Å². The number of para-hydroxylation sites is 2. The average Bonchev–Trinajstić information content (AvgIpc) is 3.06. The number of hydrogen-bond acceptors (Lipinski definition) is 4. The highest BCUT2D eigenvalue weighted by Crippen LogP contribution is 2.33. The van der Waals surface area contributed by atoms with Crippen LogP contribution in [0.15, 0.2) is 24.3 Å². The molecule has 0 bridgehead atoms. The second kappa shape index (κ2) is 7.74. The van der Waals surface area contributed by atoms with Crippen LogP contribution in [-0.2, 0) is 17.8 Å². The summed E-state index contributed by atoms with van der Waals surface area (Å²) in [6.45, 7) is 9.08. The van der Waals surface area contributed by atoms with Crippen molar-refractivity contribution in [2.45, 2.75) is 58.2 Å². The summed E-state index contributed by atoms with van der Waals surface area (Å²) in [5.41, 5.74) is 2.02. The Kier molecular flexibility index (Phi) is 5.32. The number of ether oxygens (including phenoxy) is 1. The predicted octanol–water partition coefficient (Wildman–Crippen LogP) is 3.89. The molecule has 0 aliphatic carbocycles. The monoisotopic (exact) mass is 384 g/mol. The van der Waals surface area contributed by atoms with Crippen molar-refractivity contribution >= 4 is 17.1 Å². The molecule has 1 aromatic carbocycles. The first-order chi connectivity index (χ1) is 13.5. The molecule has 0 saturated carbocycles. The molecule has 3 heterocycles. The molecule has 6 nitrogen and oxygen atoms in total. The SMILES string of the molecule is CC(C)CCn1c(CN2CCCC3(CC2)CN(C)C(=O)O3)nc2ccccc21. The van der Waals surface area contributed by atoms with E-state index in [9.17, 15) is 4.79 Å². The number of imidazole rings is 1. The van der Waals surface area contributed by atoms with Crippen molar-refractivity contribution in [3.05, 3.63) is 30.1 Å². The Morgan fingerprint density at radius 1 is 1.21 bits per heavy atom. The number of amides is 1. The van der Waals surface area contributed by atoms with Crippen molar-refractivity contribution in [3.63, 3.8) is 0 Å². The zero-order valence-corrected chi connectivity index (χ0v) is 17.4. The van der Waals surface area contributed by atoms with Crippen molar-refractivity contribution in [2.24, 2.45) is 5.92 Å². The number of aromatic nitrogens is 2. The Labute approximate surface area is 167 Å². The molecule has 1 amide bonds. The Morgan fingerprint density at radius 2 is 2.04 bits per heavy atom. The standard InChI is InChI=1S/C22H32N4O2/c1-17(2)9-13-26-19-8-5-4-7-18(19)23-20(26)15-25-12-6-10-22(11-14-25)16-24(3)21(27)28-22/h4-5,7-8,17H,6,9-16H2,1-3H3. The minimum atomic E-state index is -0.293. The van der Waals surface area contributed by atoms with Gasteiger partial charge in [0.05, 0.1) is 24.1 Å². The number of rotatable bonds is 5. The fourth-order valence-corrected chi connectivity index (χ4v) is 4.52. The summed E-state index contributed by atoms with van der Waals surface area (Å²) in [5.74, 6) is 1.82. The molecule has 1 atom stereocenters. The number of likely N-dealkylation sites (tertiary alicyclic amines) is 1. The number of nitrogens with zero attached hydrogens (tertiary/aromatic N) is 4. The van der Waals surface area contributed by atoms with Gasteiger partial charge < -0.3 is 14.2 Å². The molecule has 1 unspecified atom stereocenters. The third kappa shape index (κ3) is 3.88. The zero-order chi connectivity index (χ0) is 19.7. The number of aryl methyl sites for hydroxylation is 1. The van der Waals surface area contributed by atoms with E-state index in [1.165, 1.54) is 5.52 Å². The Balaban J connectivity index is 1.50.